The number of carbonyl (C=O) groups is 2. The van der Waals surface area contributed by atoms with Crippen LogP contribution in [-0.4, -0.2) is 22.0 Å². The first-order valence-electron chi connectivity index (χ1n) is 5.86. The number of nitrogens with one attached hydrogen (secondary N) is 1. The Balaban J connectivity index is 2.27. The largest absolute Gasteiger partial charge is 0.478 e. The van der Waals surface area contributed by atoms with Crippen molar-refractivity contribution in [1.29, 1.82) is 0 Å². The molecule has 0 spiro atoms. The minimum absolute atomic E-state index is 0.00544. The molecule has 1 heterocycles. The fourth-order valence-electron chi connectivity index (χ4n) is 1.70. The molecular weight excluding hydrogens is 315 g/mol. The third-order valence-corrected chi connectivity index (χ3v) is 3.26. The van der Waals surface area contributed by atoms with E-state index in [4.69, 9.17) is 28.3 Å². The zero-order chi connectivity index (χ0) is 15.6. The fraction of sp³-hybridized carbons (Fsp3) is 0.0714. The smallest absolute Gasteiger partial charge is 0.335 e. The van der Waals surface area contributed by atoms with E-state index in [2.05, 4.69) is 10.3 Å². The van der Waals surface area contributed by atoms with Crippen LogP contribution in [0.2, 0.25) is 10.2 Å². The topological polar surface area (TPSA) is 79.3 Å². The molecule has 0 aliphatic heterocycles. The predicted octanol–water partition coefficient (Wildman–Crippen LogP) is 3.65. The highest BCUT2D eigenvalue weighted by atomic mass is 35.5. The Morgan fingerprint density at radius 2 is 1.90 bits per heavy atom. The van der Waals surface area contributed by atoms with Gasteiger partial charge in [0.1, 0.15) is 10.8 Å². The Morgan fingerprint density at radius 1 is 1.19 bits per heavy atom. The Kier molecular flexibility index (Phi) is 4.45. The van der Waals surface area contributed by atoms with Crippen LogP contribution < -0.4 is 5.32 Å². The van der Waals surface area contributed by atoms with E-state index in [1.807, 2.05) is 0 Å². The fourth-order valence-corrected chi connectivity index (χ4v) is 2.03. The maximum Gasteiger partial charge on any atom is 0.335 e. The molecule has 0 radical (unpaired) electrons. The third kappa shape index (κ3) is 3.51. The number of pyridine rings is 1. The highest BCUT2D eigenvalue weighted by Crippen LogP contribution is 2.21. The maximum atomic E-state index is 12.1. The SMILES string of the molecule is Cc1cc(C(=O)O)ccc1NC(=O)c1nc(Cl)ccc1Cl. The first-order valence-corrected chi connectivity index (χ1v) is 6.61. The molecule has 0 atom stereocenters. The molecule has 2 N–H and O–H groups in total. The van der Waals surface area contributed by atoms with E-state index >= 15 is 0 Å². The molecule has 7 heteroatoms. The minimum Gasteiger partial charge on any atom is -0.478 e. The van der Waals surface area contributed by atoms with Gasteiger partial charge in [0, 0.05) is 5.69 Å². The van der Waals surface area contributed by atoms with Gasteiger partial charge >= 0.3 is 5.97 Å². The molecule has 1 amide bonds. The average Bonchev–Trinajstić information content (AvgIpc) is 2.43. The Bertz CT molecular complexity index is 732. The lowest BCUT2D eigenvalue weighted by atomic mass is 10.1. The number of rotatable bonds is 3. The molecule has 0 aliphatic rings. The molecular formula is C14H10Cl2N2O3. The van der Waals surface area contributed by atoms with E-state index in [9.17, 15) is 9.59 Å². The summed E-state index contributed by atoms with van der Waals surface area (Å²) in [5.41, 5.74) is 1.24. The molecule has 0 fully saturated rings. The summed E-state index contributed by atoms with van der Waals surface area (Å²) < 4.78 is 0. The number of nitrogens with zero attached hydrogens (tertiary/aromatic N) is 1. The van der Waals surface area contributed by atoms with E-state index in [-0.39, 0.29) is 21.4 Å². The summed E-state index contributed by atoms with van der Waals surface area (Å²) >= 11 is 11.6. The standard InChI is InChI=1S/C14H10Cl2N2O3/c1-7-6-8(14(20)21)2-4-10(7)17-13(19)12-9(15)3-5-11(16)18-12/h2-6H,1H3,(H,17,19)(H,20,21). The second-order valence-corrected chi connectivity index (χ2v) is 5.05. The minimum atomic E-state index is -1.03. The quantitative estimate of drug-likeness (QED) is 0.844. The van der Waals surface area contributed by atoms with E-state index in [1.54, 1.807) is 6.92 Å². The maximum absolute atomic E-state index is 12.1. The van der Waals surface area contributed by atoms with E-state index in [1.165, 1.54) is 30.3 Å². The van der Waals surface area contributed by atoms with E-state index in [0.29, 0.717) is 11.3 Å². The molecule has 21 heavy (non-hydrogen) atoms. The number of halogens is 2. The Hall–Kier alpha value is -2.11. The van der Waals surface area contributed by atoms with Crippen LogP contribution in [0.25, 0.3) is 0 Å². The van der Waals surface area contributed by atoms with E-state index < -0.39 is 11.9 Å². The van der Waals surface area contributed by atoms with Gasteiger partial charge in [-0.05, 0) is 42.8 Å². The first kappa shape index (κ1) is 15.3. The summed E-state index contributed by atoms with van der Waals surface area (Å²) in [4.78, 5) is 26.9. The second-order valence-electron chi connectivity index (χ2n) is 4.25. The van der Waals surface area contributed by atoms with Crippen molar-refractivity contribution in [3.8, 4) is 0 Å². The molecule has 1 aromatic heterocycles. The summed E-state index contributed by atoms with van der Waals surface area (Å²) in [6.07, 6.45) is 0. The van der Waals surface area contributed by atoms with Crippen molar-refractivity contribution in [2.24, 2.45) is 0 Å². The van der Waals surface area contributed by atoms with Crippen molar-refractivity contribution in [3.05, 3.63) is 57.3 Å². The molecule has 0 unspecified atom stereocenters. The van der Waals surface area contributed by atoms with Gasteiger partial charge in [-0.15, -0.1) is 0 Å². The van der Waals surface area contributed by atoms with Gasteiger partial charge in [0.15, 0.2) is 0 Å². The lowest BCUT2D eigenvalue weighted by Crippen LogP contribution is -2.15. The van der Waals surface area contributed by atoms with Gasteiger partial charge in [-0.2, -0.15) is 0 Å². The number of aromatic carboxylic acids is 1. The van der Waals surface area contributed by atoms with E-state index in [0.717, 1.165) is 0 Å². The second kappa shape index (κ2) is 6.11. The molecule has 0 saturated heterocycles. The van der Waals surface area contributed by atoms with Crippen molar-refractivity contribution < 1.29 is 14.7 Å². The summed E-state index contributed by atoms with van der Waals surface area (Å²) in [7, 11) is 0. The van der Waals surface area contributed by atoms with Gasteiger partial charge in [0.25, 0.3) is 5.91 Å². The number of hydrogen-bond acceptors (Lipinski definition) is 3. The molecule has 0 saturated carbocycles. The van der Waals surface area contributed by atoms with Gasteiger partial charge in [-0.25, -0.2) is 9.78 Å². The van der Waals surface area contributed by atoms with Crippen LogP contribution in [0.3, 0.4) is 0 Å². The van der Waals surface area contributed by atoms with Crippen molar-refractivity contribution in [2.75, 3.05) is 5.32 Å². The van der Waals surface area contributed by atoms with Crippen LogP contribution in [0.4, 0.5) is 5.69 Å². The summed E-state index contributed by atoms with van der Waals surface area (Å²) in [5.74, 6) is -1.55. The number of carboxylic acids is 1. The number of carboxylic acid groups (broad SMARTS) is 1. The van der Waals surface area contributed by atoms with Crippen LogP contribution in [0.1, 0.15) is 26.4 Å². The van der Waals surface area contributed by atoms with Crippen LogP contribution in [0.15, 0.2) is 30.3 Å². The highest BCUT2D eigenvalue weighted by Gasteiger charge is 2.15. The zero-order valence-corrected chi connectivity index (χ0v) is 12.4. The monoisotopic (exact) mass is 324 g/mol. The molecule has 108 valence electrons. The van der Waals surface area contributed by atoms with Gasteiger partial charge < -0.3 is 10.4 Å². The van der Waals surface area contributed by atoms with Crippen molar-refractivity contribution in [1.82, 2.24) is 4.98 Å². The zero-order valence-electron chi connectivity index (χ0n) is 10.9. The summed E-state index contributed by atoms with van der Waals surface area (Å²) in [5, 5.41) is 11.9. The number of amides is 1. The molecule has 2 aromatic rings. The Labute approximate surface area is 130 Å². The normalized spacial score (nSPS) is 10.2. The van der Waals surface area contributed by atoms with Crippen molar-refractivity contribution in [3.63, 3.8) is 0 Å². The summed E-state index contributed by atoms with van der Waals surface area (Å²) in [6, 6.07) is 7.33. The molecule has 5 nitrogen and oxygen atoms in total. The van der Waals surface area contributed by atoms with Crippen molar-refractivity contribution in [2.45, 2.75) is 6.92 Å². The lowest BCUT2D eigenvalue weighted by Gasteiger charge is -2.09. The van der Waals surface area contributed by atoms with Crippen LogP contribution in [-0.2, 0) is 0 Å². The predicted molar refractivity (Wildman–Crippen MR) is 80.3 cm³/mol. The lowest BCUT2D eigenvalue weighted by molar-refractivity contribution is 0.0696. The summed E-state index contributed by atoms with van der Waals surface area (Å²) in [6.45, 7) is 1.69. The van der Waals surface area contributed by atoms with Crippen LogP contribution in [0.5, 0.6) is 0 Å². The number of aromatic nitrogens is 1. The van der Waals surface area contributed by atoms with Crippen molar-refractivity contribution >= 4 is 40.8 Å². The number of carbonyl (C=O) groups excluding carboxylic acids is 1. The number of hydrogen-bond donors (Lipinski definition) is 2. The van der Waals surface area contributed by atoms with Crippen LogP contribution in [0, 0.1) is 6.92 Å². The third-order valence-electron chi connectivity index (χ3n) is 2.75. The number of aryl methyl sites for hydroxylation is 1. The number of benzene rings is 1. The van der Waals surface area contributed by atoms with Gasteiger partial charge in [0.2, 0.25) is 0 Å². The number of anilines is 1. The Morgan fingerprint density at radius 3 is 2.52 bits per heavy atom. The molecule has 0 aliphatic carbocycles. The van der Waals surface area contributed by atoms with Gasteiger partial charge in [0.05, 0.1) is 10.6 Å². The van der Waals surface area contributed by atoms with Crippen LogP contribution >= 0.6 is 23.2 Å². The molecule has 2 rings (SSSR count). The van der Waals surface area contributed by atoms with Gasteiger partial charge in [-0.3, -0.25) is 4.79 Å². The molecule has 1 aromatic carbocycles. The van der Waals surface area contributed by atoms with Gasteiger partial charge in [-0.1, -0.05) is 23.2 Å². The average molecular weight is 325 g/mol. The molecule has 0 bridgehead atoms. The first-order chi connectivity index (χ1) is 9.88. The highest BCUT2D eigenvalue weighted by molar-refractivity contribution is 6.35.